The standard InChI is InChI=1S/C16H24N2O2S/c1-12-8-9-18(11-16(12)17)21(19,20)15-7-6-13-4-2-3-5-14(13)10-15/h6-7,10,12,16H,2-5,8-9,11,17H2,1H3. The van der Waals surface area contributed by atoms with Gasteiger partial charge in [0.05, 0.1) is 4.90 Å². The first-order valence-corrected chi connectivity index (χ1v) is 9.30. The Morgan fingerprint density at radius 3 is 2.62 bits per heavy atom. The van der Waals surface area contributed by atoms with E-state index in [1.165, 1.54) is 17.5 Å². The summed E-state index contributed by atoms with van der Waals surface area (Å²) in [6.07, 6.45) is 5.27. The zero-order valence-electron chi connectivity index (χ0n) is 12.6. The lowest BCUT2D eigenvalue weighted by Gasteiger charge is -2.34. The van der Waals surface area contributed by atoms with Crippen LogP contribution in [0.3, 0.4) is 0 Å². The predicted octanol–water partition coefficient (Wildman–Crippen LogP) is 1.92. The first kappa shape index (κ1) is 15.0. The summed E-state index contributed by atoms with van der Waals surface area (Å²) in [4.78, 5) is 0.435. The average Bonchev–Trinajstić information content (AvgIpc) is 2.49. The molecule has 1 heterocycles. The van der Waals surface area contributed by atoms with Crippen molar-refractivity contribution in [2.75, 3.05) is 13.1 Å². The van der Waals surface area contributed by atoms with Gasteiger partial charge < -0.3 is 5.73 Å². The highest BCUT2D eigenvalue weighted by Crippen LogP contribution is 2.27. The van der Waals surface area contributed by atoms with Crippen LogP contribution in [0, 0.1) is 5.92 Å². The van der Waals surface area contributed by atoms with E-state index < -0.39 is 10.0 Å². The van der Waals surface area contributed by atoms with Gasteiger partial charge in [-0.1, -0.05) is 13.0 Å². The maximum Gasteiger partial charge on any atom is 0.243 e. The summed E-state index contributed by atoms with van der Waals surface area (Å²) < 4.78 is 27.1. The maximum absolute atomic E-state index is 12.8. The zero-order chi connectivity index (χ0) is 15.0. The summed E-state index contributed by atoms with van der Waals surface area (Å²) in [7, 11) is -3.40. The van der Waals surface area contributed by atoms with Crippen LogP contribution < -0.4 is 5.73 Å². The van der Waals surface area contributed by atoms with E-state index in [0.717, 1.165) is 25.7 Å². The van der Waals surface area contributed by atoms with Crippen LogP contribution >= 0.6 is 0 Å². The molecule has 0 amide bonds. The lowest BCUT2D eigenvalue weighted by atomic mass is 9.92. The fourth-order valence-electron chi connectivity index (χ4n) is 3.31. The van der Waals surface area contributed by atoms with Gasteiger partial charge in [-0.05, 0) is 61.3 Å². The maximum atomic E-state index is 12.8. The molecule has 21 heavy (non-hydrogen) atoms. The minimum absolute atomic E-state index is 0.0637. The highest BCUT2D eigenvalue weighted by molar-refractivity contribution is 7.89. The van der Waals surface area contributed by atoms with Crippen molar-refractivity contribution >= 4 is 10.0 Å². The summed E-state index contributed by atoms with van der Waals surface area (Å²) >= 11 is 0. The molecule has 1 aliphatic heterocycles. The molecule has 116 valence electrons. The van der Waals surface area contributed by atoms with Crippen LogP contribution in [-0.4, -0.2) is 31.9 Å². The molecule has 5 heteroatoms. The normalized spacial score (nSPS) is 27.3. The molecule has 1 fully saturated rings. The molecule has 0 saturated carbocycles. The molecule has 4 nitrogen and oxygen atoms in total. The molecule has 0 spiro atoms. The number of hydrogen-bond donors (Lipinski definition) is 1. The van der Waals surface area contributed by atoms with Gasteiger partial charge in [-0.25, -0.2) is 8.42 Å². The number of rotatable bonds is 2. The smallest absolute Gasteiger partial charge is 0.243 e. The topological polar surface area (TPSA) is 63.4 Å². The second-order valence-corrected chi connectivity index (χ2v) is 8.37. The molecular weight excluding hydrogens is 284 g/mol. The second kappa shape index (κ2) is 5.71. The summed E-state index contributed by atoms with van der Waals surface area (Å²) in [6.45, 7) is 3.10. The zero-order valence-corrected chi connectivity index (χ0v) is 13.4. The number of fused-ring (bicyclic) bond motifs is 1. The molecule has 2 atom stereocenters. The van der Waals surface area contributed by atoms with E-state index in [9.17, 15) is 8.42 Å². The number of piperidine rings is 1. The molecule has 0 bridgehead atoms. The Balaban J connectivity index is 1.88. The molecule has 3 rings (SSSR count). The van der Waals surface area contributed by atoms with E-state index in [-0.39, 0.29) is 6.04 Å². The highest BCUT2D eigenvalue weighted by atomic mass is 32.2. The van der Waals surface area contributed by atoms with Gasteiger partial charge in [0.2, 0.25) is 10.0 Å². The molecule has 1 saturated heterocycles. The van der Waals surface area contributed by atoms with E-state index >= 15 is 0 Å². The minimum Gasteiger partial charge on any atom is -0.326 e. The van der Waals surface area contributed by atoms with Crippen LogP contribution in [0.2, 0.25) is 0 Å². The van der Waals surface area contributed by atoms with Gasteiger partial charge in [-0.15, -0.1) is 0 Å². The number of benzene rings is 1. The summed E-state index contributed by atoms with van der Waals surface area (Å²) in [5, 5.41) is 0. The van der Waals surface area contributed by atoms with Gasteiger partial charge in [0, 0.05) is 19.1 Å². The number of hydrogen-bond acceptors (Lipinski definition) is 3. The van der Waals surface area contributed by atoms with Gasteiger partial charge >= 0.3 is 0 Å². The highest BCUT2D eigenvalue weighted by Gasteiger charge is 2.32. The lowest BCUT2D eigenvalue weighted by Crippen LogP contribution is -2.49. The number of sulfonamides is 1. The molecule has 2 aliphatic rings. The molecule has 2 N–H and O–H groups in total. The third-order valence-corrected chi connectivity index (χ3v) is 6.80. The van der Waals surface area contributed by atoms with Gasteiger partial charge in [-0.3, -0.25) is 0 Å². The Labute approximate surface area is 127 Å². The molecule has 0 radical (unpaired) electrons. The van der Waals surface area contributed by atoms with Crippen LogP contribution in [0.4, 0.5) is 0 Å². The largest absolute Gasteiger partial charge is 0.326 e. The minimum atomic E-state index is -3.40. The third kappa shape index (κ3) is 2.87. The predicted molar refractivity (Wildman–Crippen MR) is 83.6 cm³/mol. The van der Waals surface area contributed by atoms with Crippen molar-refractivity contribution in [1.29, 1.82) is 0 Å². The third-order valence-electron chi connectivity index (χ3n) is 4.94. The lowest BCUT2D eigenvalue weighted by molar-refractivity contribution is 0.253. The fourth-order valence-corrected chi connectivity index (χ4v) is 4.85. The Bertz CT molecular complexity index is 627. The number of nitrogens with two attached hydrogens (primary N) is 1. The summed E-state index contributed by atoms with van der Waals surface area (Å²) in [5.74, 6) is 0.389. The Kier molecular flexibility index (Phi) is 4.08. The van der Waals surface area contributed by atoms with Crippen molar-refractivity contribution in [2.45, 2.75) is 50.0 Å². The first-order valence-electron chi connectivity index (χ1n) is 7.86. The SMILES string of the molecule is CC1CCN(S(=O)(=O)c2ccc3c(c2)CCCC3)CC1N. The van der Waals surface area contributed by atoms with Crippen molar-refractivity contribution in [3.63, 3.8) is 0 Å². The number of aryl methyl sites for hydroxylation is 2. The second-order valence-electron chi connectivity index (χ2n) is 6.43. The van der Waals surface area contributed by atoms with E-state index in [0.29, 0.717) is 23.9 Å². The van der Waals surface area contributed by atoms with Crippen molar-refractivity contribution in [2.24, 2.45) is 11.7 Å². The van der Waals surface area contributed by atoms with Gasteiger partial charge in [0.25, 0.3) is 0 Å². The van der Waals surface area contributed by atoms with E-state index in [1.54, 1.807) is 10.4 Å². The van der Waals surface area contributed by atoms with Crippen LogP contribution in [0.1, 0.15) is 37.3 Å². The van der Waals surface area contributed by atoms with E-state index in [1.807, 2.05) is 12.1 Å². The Morgan fingerprint density at radius 2 is 1.90 bits per heavy atom. The molecule has 1 aliphatic carbocycles. The quantitative estimate of drug-likeness (QED) is 0.908. The molecule has 1 aromatic carbocycles. The molecule has 1 aromatic rings. The van der Waals surface area contributed by atoms with Crippen molar-refractivity contribution < 1.29 is 8.42 Å². The Morgan fingerprint density at radius 1 is 1.19 bits per heavy atom. The van der Waals surface area contributed by atoms with Gasteiger partial charge in [0.1, 0.15) is 0 Å². The van der Waals surface area contributed by atoms with E-state index in [4.69, 9.17) is 5.73 Å². The molecule has 0 aromatic heterocycles. The fraction of sp³-hybridized carbons (Fsp3) is 0.625. The van der Waals surface area contributed by atoms with Crippen LogP contribution in [0.25, 0.3) is 0 Å². The van der Waals surface area contributed by atoms with Crippen LogP contribution in [-0.2, 0) is 22.9 Å². The summed E-state index contributed by atoms with van der Waals surface area (Å²) in [5.41, 5.74) is 8.56. The number of nitrogens with zero attached hydrogens (tertiary/aromatic N) is 1. The van der Waals surface area contributed by atoms with Crippen LogP contribution in [0.15, 0.2) is 23.1 Å². The average molecular weight is 308 g/mol. The van der Waals surface area contributed by atoms with Gasteiger partial charge in [0.15, 0.2) is 0 Å². The van der Waals surface area contributed by atoms with Crippen molar-refractivity contribution in [1.82, 2.24) is 4.31 Å². The van der Waals surface area contributed by atoms with Crippen molar-refractivity contribution in [3.05, 3.63) is 29.3 Å². The van der Waals surface area contributed by atoms with Crippen molar-refractivity contribution in [3.8, 4) is 0 Å². The molecule has 2 unspecified atom stereocenters. The summed E-state index contributed by atoms with van der Waals surface area (Å²) in [6, 6.07) is 5.58. The Hall–Kier alpha value is -0.910. The monoisotopic (exact) mass is 308 g/mol. The van der Waals surface area contributed by atoms with Crippen LogP contribution in [0.5, 0.6) is 0 Å². The van der Waals surface area contributed by atoms with Gasteiger partial charge in [-0.2, -0.15) is 4.31 Å². The molecular formula is C16H24N2O2S. The first-order chi connectivity index (χ1) is 9.98. The van der Waals surface area contributed by atoms with E-state index in [2.05, 4.69) is 6.92 Å².